The van der Waals surface area contributed by atoms with Gasteiger partial charge in [-0.15, -0.1) is 0 Å². The summed E-state index contributed by atoms with van der Waals surface area (Å²) in [5.74, 6) is 0. The first-order valence-corrected chi connectivity index (χ1v) is 6.66. The predicted molar refractivity (Wildman–Crippen MR) is 68.5 cm³/mol. The summed E-state index contributed by atoms with van der Waals surface area (Å²) in [7, 11) is 1.75. The van der Waals surface area contributed by atoms with Crippen LogP contribution >= 0.6 is 0 Å². The summed E-state index contributed by atoms with van der Waals surface area (Å²) >= 11 is 0. The second-order valence-electron chi connectivity index (χ2n) is 6.29. The first kappa shape index (κ1) is 13.6. The highest BCUT2D eigenvalue weighted by Crippen LogP contribution is 2.29. The first-order valence-electron chi connectivity index (χ1n) is 6.66. The molecule has 2 N–H and O–H groups in total. The molecule has 0 aliphatic heterocycles. The van der Waals surface area contributed by atoms with E-state index in [-0.39, 0.29) is 12.1 Å². The molecule has 0 radical (unpaired) electrons. The standard InChI is InChI=1S/C13H24N2O3/c1-13(2,3)18-12(16)15-11-7-10(11)14-8-5-9(6-8)17-4/h8-11,14H,5-7H2,1-4H3,(H,15,16). The van der Waals surface area contributed by atoms with Crippen molar-refractivity contribution in [1.29, 1.82) is 0 Å². The van der Waals surface area contributed by atoms with Crippen molar-refractivity contribution in [3.05, 3.63) is 0 Å². The topological polar surface area (TPSA) is 59.6 Å². The number of carbonyl (C=O) groups is 1. The van der Waals surface area contributed by atoms with E-state index in [1.165, 1.54) is 0 Å². The molecule has 2 aliphatic carbocycles. The van der Waals surface area contributed by atoms with Gasteiger partial charge in [0.2, 0.25) is 0 Å². The Morgan fingerprint density at radius 2 is 1.83 bits per heavy atom. The second kappa shape index (κ2) is 5.05. The average Bonchev–Trinajstić information content (AvgIpc) is 2.85. The Labute approximate surface area is 109 Å². The molecule has 104 valence electrons. The number of rotatable bonds is 4. The normalized spacial score (nSPS) is 34.7. The summed E-state index contributed by atoms with van der Waals surface area (Å²) in [6.45, 7) is 5.61. The van der Waals surface area contributed by atoms with Gasteiger partial charge in [-0.25, -0.2) is 4.79 Å². The Hall–Kier alpha value is -0.810. The molecule has 1 amide bonds. The van der Waals surface area contributed by atoms with Crippen molar-refractivity contribution in [3.8, 4) is 0 Å². The van der Waals surface area contributed by atoms with Crippen LogP contribution in [0.5, 0.6) is 0 Å². The number of amides is 1. The maximum atomic E-state index is 11.5. The Kier molecular flexibility index (Phi) is 3.82. The van der Waals surface area contributed by atoms with Crippen LogP contribution in [0.25, 0.3) is 0 Å². The van der Waals surface area contributed by atoms with E-state index in [0.29, 0.717) is 18.2 Å². The van der Waals surface area contributed by atoms with Gasteiger partial charge in [0, 0.05) is 25.2 Å². The van der Waals surface area contributed by atoms with Crippen molar-refractivity contribution in [2.75, 3.05) is 7.11 Å². The molecule has 18 heavy (non-hydrogen) atoms. The van der Waals surface area contributed by atoms with Crippen LogP contribution < -0.4 is 10.6 Å². The third-order valence-electron chi connectivity index (χ3n) is 3.37. The predicted octanol–water partition coefficient (Wildman–Crippen LogP) is 1.42. The molecule has 2 atom stereocenters. The van der Waals surface area contributed by atoms with Crippen LogP contribution in [0.1, 0.15) is 40.0 Å². The lowest BCUT2D eigenvalue weighted by atomic mass is 9.89. The van der Waals surface area contributed by atoms with Crippen molar-refractivity contribution in [2.24, 2.45) is 0 Å². The van der Waals surface area contributed by atoms with Crippen molar-refractivity contribution in [2.45, 2.75) is 69.9 Å². The van der Waals surface area contributed by atoms with Gasteiger partial charge in [-0.2, -0.15) is 0 Å². The number of methoxy groups -OCH3 is 1. The Bertz CT molecular complexity index is 308. The molecular weight excluding hydrogens is 232 g/mol. The molecule has 2 rings (SSSR count). The molecule has 0 aromatic rings. The Morgan fingerprint density at radius 3 is 2.39 bits per heavy atom. The average molecular weight is 256 g/mol. The van der Waals surface area contributed by atoms with Crippen LogP contribution in [0.15, 0.2) is 0 Å². The smallest absolute Gasteiger partial charge is 0.407 e. The molecular formula is C13H24N2O3. The number of carbonyl (C=O) groups excluding carboxylic acids is 1. The minimum Gasteiger partial charge on any atom is -0.444 e. The summed E-state index contributed by atoms with van der Waals surface area (Å²) in [5.41, 5.74) is -0.429. The fourth-order valence-electron chi connectivity index (χ4n) is 2.19. The lowest BCUT2D eigenvalue weighted by Gasteiger charge is -2.35. The first-order chi connectivity index (χ1) is 8.37. The van der Waals surface area contributed by atoms with Gasteiger partial charge in [0.25, 0.3) is 0 Å². The van der Waals surface area contributed by atoms with Gasteiger partial charge in [-0.05, 0) is 40.0 Å². The molecule has 2 saturated carbocycles. The Balaban J connectivity index is 1.59. The summed E-state index contributed by atoms with van der Waals surface area (Å²) in [6.07, 6.45) is 3.24. The molecule has 2 fully saturated rings. The van der Waals surface area contributed by atoms with E-state index in [4.69, 9.17) is 9.47 Å². The minimum atomic E-state index is -0.429. The van der Waals surface area contributed by atoms with Crippen molar-refractivity contribution in [3.63, 3.8) is 0 Å². The van der Waals surface area contributed by atoms with Gasteiger partial charge < -0.3 is 20.1 Å². The molecule has 0 aromatic heterocycles. The van der Waals surface area contributed by atoms with Crippen molar-refractivity contribution >= 4 is 6.09 Å². The number of hydrogen-bond acceptors (Lipinski definition) is 4. The lowest BCUT2D eigenvalue weighted by molar-refractivity contribution is 0.0165. The van der Waals surface area contributed by atoms with Gasteiger partial charge in [0.15, 0.2) is 0 Å². The zero-order valence-corrected chi connectivity index (χ0v) is 11.7. The zero-order chi connectivity index (χ0) is 13.3. The Morgan fingerprint density at radius 1 is 1.17 bits per heavy atom. The molecule has 2 unspecified atom stereocenters. The van der Waals surface area contributed by atoms with E-state index in [1.54, 1.807) is 7.11 Å². The van der Waals surface area contributed by atoms with Crippen LogP contribution in [-0.2, 0) is 9.47 Å². The van der Waals surface area contributed by atoms with Crippen LogP contribution in [-0.4, -0.2) is 43.0 Å². The van der Waals surface area contributed by atoms with Crippen molar-refractivity contribution in [1.82, 2.24) is 10.6 Å². The highest BCUT2D eigenvalue weighted by Gasteiger charge is 2.42. The largest absolute Gasteiger partial charge is 0.444 e. The third-order valence-corrected chi connectivity index (χ3v) is 3.37. The number of alkyl carbamates (subject to hydrolysis) is 1. The molecule has 0 aromatic carbocycles. The highest BCUT2D eigenvalue weighted by molar-refractivity contribution is 5.68. The highest BCUT2D eigenvalue weighted by atomic mass is 16.6. The third kappa shape index (κ3) is 3.85. The maximum Gasteiger partial charge on any atom is 0.407 e. The van der Waals surface area contributed by atoms with E-state index in [1.807, 2.05) is 20.8 Å². The van der Waals surface area contributed by atoms with E-state index in [9.17, 15) is 4.79 Å². The fourth-order valence-corrected chi connectivity index (χ4v) is 2.19. The van der Waals surface area contributed by atoms with E-state index < -0.39 is 5.60 Å². The van der Waals surface area contributed by atoms with Crippen LogP contribution in [0.2, 0.25) is 0 Å². The molecule has 0 saturated heterocycles. The van der Waals surface area contributed by atoms with Crippen LogP contribution in [0.4, 0.5) is 4.79 Å². The van der Waals surface area contributed by atoms with Crippen molar-refractivity contribution < 1.29 is 14.3 Å². The summed E-state index contributed by atoms with van der Waals surface area (Å²) in [4.78, 5) is 11.5. The van der Waals surface area contributed by atoms with Gasteiger partial charge in [0.1, 0.15) is 5.60 Å². The van der Waals surface area contributed by atoms with Gasteiger partial charge in [0.05, 0.1) is 6.10 Å². The van der Waals surface area contributed by atoms with Gasteiger partial charge >= 0.3 is 6.09 Å². The number of nitrogens with one attached hydrogen (secondary N) is 2. The number of ether oxygens (including phenoxy) is 2. The zero-order valence-electron chi connectivity index (χ0n) is 11.7. The van der Waals surface area contributed by atoms with Crippen LogP contribution in [0.3, 0.4) is 0 Å². The maximum absolute atomic E-state index is 11.5. The molecule has 5 nitrogen and oxygen atoms in total. The SMILES string of the molecule is COC1CC(NC2CC2NC(=O)OC(C)(C)C)C1. The molecule has 0 heterocycles. The monoisotopic (exact) mass is 256 g/mol. The molecule has 2 aliphatic rings. The molecule has 0 spiro atoms. The second-order valence-corrected chi connectivity index (χ2v) is 6.29. The minimum absolute atomic E-state index is 0.224. The van der Waals surface area contributed by atoms with E-state index in [0.717, 1.165) is 19.3 Å². The van der Waals surface area contributed by atoms with Gasteiger partial charge in [-0.3, -0.25) is 0 Å². The summed E-state index contributed by atoms with van der Waals surface area (Å²) < 4.78 is 10.5. The molecule has 0 bridgehead atoms. The quantitative estimate of drug-likeness (QED) is 0.798. The fraction of sp³-hybridized carbons (Fsp3) is 0.923. The summed E-state index contributed by atoms with van der Waals surface area (Å²) in [6, 6.07) is 1.17. The summed E-state index contributed by atoms with van der Waals surface area (Å²) in [5, 5.41) is 6.41. The van der Waals surface area contributed by atoms with E-state index in [2.05, 4.69) is 10.6 Å². The number of hydrogen-bond donors (Lipinski definition) is 2. The van der Waals surface area contributed by atoms with Gasteiger partial charge in [-0.1, -0.05) is 0 Å². The van der Waals surface area contributed by atoms with E-state index >= 15 is 0 Å². The molecule has 5 heteroatoms. The lowest BCUT2D eigenvalue weighted by Crippen LogP contribution is -2.47. The van der Waals surface area contributed by atoms with Crippen LogP contribution in [0, 0.1) is 0 Å².